The zero-order valence-corrected chi connectivity index (χ0v) is 27.9. The van der Waals surface area contributed by atoms with E-state index < -0.39 is 16.4 Å². The molecule has 6 rings (SSSR count). The van der Waals surface area contributed by atoms with E-state index in [4.69, 9.17) is 30.8 Å². The third-order valence-corrected chi connectivity index (χ3v) is 9.04. The van der Waals surface area contributed by atoms with Crippen LogP contribution in [-0.4, -0.2) is 40.5 Å². The van der Waals surface area contributed by atoms with Gasteiger partial charge in [-0.05, 0) is 61.0 Å². The molecule has 0 amide bonds. The molecular formula is C34H27ClFN5O5S2. The number of pyridine rings is 1. The van der Waals surface area contributed by atoms with Crippen molar-refractivity contribution in [3.63, 3.8) is 0 Å². The molecular weight excluding hydrogens is 677 g/mol. The number of halogens is 2. The number of hydrogen-bond acceptors (Lipinski definition) is 11. The van der Waals surface area contributed by atoms with Gasteiger partial charge in [0.2, 0.25) is 10.3 Å². The van der Waals surface area contributed by atoms with E-state index in [9.17, 15) is 12.8 Å². The van der Waals surface area contributed by atoms with Gasteiger partial charge in [0, 0.05) is 40.0 Å². The smallest absolute Gasteiger partial charge is 0.241 e. The van der Waals surface area contributed by atoms with Crippen molar-refractivity contribution < 1.29 is 27.0 Å². The fourth-order valence-electron chi connectivity index (χ4n) is 4.81. The Balaban J connectivity index is 1.23. The zero-order valence-electron chi connectivity index (χ0n) is 25.6. The van der Waals surface area contributed by atoms with Crippen molar-refractivity contribution >= 4 is 60.7 Å². The number of thiazole rings is 1. The fourth-order valence-corrected chi connectivity index (χ4v) is 6.34. The molecule has 0 aliphatic carbocycles. The highest BCUT2D eigenvalue weighted by Crippen LogP contribution is 2.38. The Morgan fingerprint density at radius 1 is 1.02 bits per heavy atom. The average molecular weight is 704 g/mol. The van der Waals surface area contributed by atoms with E-state index in [0.29, 0.717) is 66.5 Å². The summed E-state index contributed by atoms with van der Waals surface area (Å²) in [5.74, 6) is 1.18. The van der Waals surface area contributed by atoms with Crippen LogP contribution in [0.2, 0.25) is 5.02 Å². The first-order valence-corrected chi connectivity index (χ1v) is 16.8. The second-order valence-electron chi connectivity index (χ2n) is 10.4. The summed E-state index contributed by atoms with van der Waals surface area (Å²) in [7, 11) is -1.01. The largest absolute Gasteiger partial charge is 0.496 e. The normalized spacial score (nSPS) is 11.7. The van der Waals surface area contributed by atoms with Gasteiger partial charge in [-0.3, -0.25) is 4.98 Å². The summed E-state index contributed by atoms with van der Waals surface area (Å²) in [4.78, 5) is 17.9. The molecule has 0 radical (unpaired) electrons. The Morgan fingerprint density at radius 2 is 1.90 bits per heavy atom. The van der Waals surface area contributed by atoms with Gasteiger partial charge in [-0.25, -0.2) is 19.3 Å². The molecule has 6 aromatic rings. The van der Waals surface area contributed by atoms with Crippen LogP contribution in [0.25, 0.3) is 22.2 Å². The Hall–Kier alpha value is -4.95. The topological polar surface area (TPSA) is 125 Å². The molecule has 1 N–H and O–H groups in total. The van der Waals surface area contributed by atoms with Crippen LogP contribution in [0.1, 0.15) is 29.3 Å². The van der Waals surface area contributed by atoms with Gasteiger partial charge >= 0.3 is 0 Å². The van der Waals surface area contributed by atoms with Crippen molar-refractivity contribution in [3.8, 4) is 22.8 Å². The SMILES string of the molecule is COc1cc2ncnc(Nc3ccc(OCc4cccc(F)c4)c(Cl)c3)c2cc1-c1csc(C(C)OC(Cc2ccccn2)=S(=O)=O)n1. The molecule has 244 valence electrons. The summed E-state index contributed by atoms with van der Waals surface area (Å²) in [5, 5.41) is 6.67. The number of hydrogen-bond donors (Lipinski definition) is 1. The highest BCUT2D eigenvalue weighted by Gasteiger charge is 2.20. The number of ether oxygens (including phenoxy) is 3. The van der Waals surface area contributed by atoms with Crippen molar-refractivity contribution in [2.45, 2.75) is 26.1 Å². The Kier molecular flexibility index (Phi) is 10.2. The van der Waals surface area contributed by atoms with Gasteiger partial charge in [0.25, 0.3) is 0 Å². The second-order valence-corrected chi connectivity index (χ2v) is 12.6. The molecule has 0 saturated heterocycles. The maximum absolute atomic E-state index is 13.5. The predicted octanol–water partition coefficient (Wildman–Crippen LogP) is 7.60. The monoisotopic (exact) mass is 703 g/mol. The van der Waals surface area contributed by atoms with Crippen LogP contribution in [0.15, 0.2) is 90.7 Å². The zero-order chi connectivity index (χ0) is 33.6. The first-order valence-electron chi connectivity index (χ1n) is 14.5. The number of aromatic nitrogens is 4. The van der Waals surface area contributed by atoms with Crippen LogP contribution in [-0.2, 0) is 28.1 Å². The van der Waals surface area contributed by atoms with Gasteiger partial charge in [-0.15, -0.1) is 11.3 Å². The summed E-state index contributed by atoms with van der Waals surface area (Å²) in [6, 6.07) is 20.4. The molecule has 0 aliphatic heterocycles. The molecule has 0 aliphatic rings. The number of benzene rings is 3. The van der Waals surface area contributed by atoms with Crippen LogP contribution in [0.5, 0.6) is 11.5 Å². The lowest BCUT2D eigenvalue weighted by Gasteiger charge is -2.14. The van der Waals surface area contributed by atoms with Crippen LogP contribution >= 0.6 is 22.9 Å². The number of rotatable bonds is 11. The first kappa shape index (κ1) is 33.0. The van der Waals surface area contributed by atoms with Crippen LogP contribution in [0.3, 0.4) is 0 Å². The van der Waals surface area contributed by atoms with Crippen LogP contribution < -0.4 is 14.8 Å². The molecule has 0 saturated carbocycles. The maximum atomic E-state index is 13.5. The summed E-state index contributed by atoms with van der Waals surface area (Å²) in [6.07, 6.45) is 2.43. The highest BCUT2D eigenvalue weighted by atomic mass is 35.5. The molecule has 0 spiro atoms. The molecule has 3 aromatic carbocycles. The summed E-state index contributed by atoms with van der Waals surface area (Å²) >= 11 is 7.86. The van der Waals surface area contributed by atoms with Crippen molar-refractivity contribution in [1.82, 2.24) is 19.9 Å². The van der Waals surface area contributed by atoms with Gasteiger partial charge in [0.1, 0.15) is 47.2 Å². The second kappa shape index (κ2) is 14.9. The van der Waals surface area contributed by atoms with E-state index >= 15 is 0 Å². The predicted molar refractivity (Wildman–Crippen MR) is 184 cm³/mol. The Bertz CT molecular complexity index is 2230. The van der Waals surface area contributed by atoms with E-state index in [-0.39, 0.29) is 23.9 Å². The minimum absolute atomic E-state index is 0.0314. The highest BCUT2D eigenvalue weighted by molar-refractivity contribution is 7.72. The summed E-state index contributed by atoms with van der Waals surface area (Å²) in [5.41, 5.74) is 3.84. The van der Waals surface area contributed by atoms with Gasteiger partial charge in [-0.1, -0.05) is 29.8 Å². The fraction of sp³-hybridized carbons (Fsp3) is 0.147. The number of methoxy groups -OCH3 is 1. The molecule has 1 atom stereocenters. The third kappa shape index (κ3) is 7.77. The molecule has 0 fully saturated rings. The van der Waals surface area contributed by atoms with Crippen LogP contribution in [0.4, 0.5) is 15.9 Å². The van der Waals surface area contributed by atoms with Gasteiger partial charge in [-0.2, -0.15) is 8.42 Å². The van der Waals surface area contributed by atoms with Crippen molar-refractivity contribution in [3.05, 3.63) is 118 Å². The molecule has 10 nitrogen and oxygen atoms in total. The first-order chi connectivity index (χ1) is 23.3. The standard InChI is InChI=1S/C34H27ClFN5O5S2/c1-20(46-32(48(42)43)14-23-8-3-4-11-37-23)34-41-29(18-47-34)25-15-26-28(16-31(25)44-2)38-19-39-33(26)40-24-9-10-30(27(35)13-24)45-17-21-6-5-7-22(36)12-21/h3-13,15-16,18-20H,14,17H2,1-2H3,(H,38,39,40). The summed E-state index contributed by atoms with van der Waals surface area (Å²) in [6.45, 7) is 1.90. The van der Waals surface area contributed by atoms with E-state index in [1.807, 2.05) is 11.4 Å². The lowest BCUT2D eigenvalue weighted by Crippen LogP contribution is -2.13. The number of fused-ring (bicyclic) bond motifs is 1. The number of nitrogens with one attached hydrogen (secondary N) is 1. The van der Waals surface area contributed by atoms with Crippen molar-refractivity contribution in [2.75, 3.05) is 12.4 Å². The molecule has 48 heavy (non-hydrogen) atoms. The minimum atomic E-state index is -2.57. The molecule has 14 heteroatoms. The van der Waals surface area contributed by atoms with Gasteiger partial charge in [0.05, 0.1) is 29.8 Å². The Labute approximate surface area is 285 Å². The molecule has 0 bridgehead atoms. The molecule has 3 aromatic heterocycles. The van der Waals surface area contributed by atoms with Crippen molar-refractivity contribution in [1.29, 1.82) is 0 Å². The van der Waals surface area contributed by atoms with Crippen molar-refractivity contribution in [2.24, 2.45) is 0 Å². The minimum Gasteiger partial charge on any atom is -0.496 e. The van der Waals surface area contributed by atoms with Gasteiger partial charge in [0.15, 0.2) is 5.05 Å². The van der Waals surface area contributed by atoms with E-state index in [0.717, 1.165) is 0 Å². The third-order valence-electron chi connectivity index (χ3n) is 7.13. The lowest BCUT2D eigenvalue weighted by molar-refractivity contribution is 0.213. The average Bonchev–Trinajstić information content (AvgIpc) is 3.58. The van der Waals surface area contributed by atoms with E-state index in [1.54, 1.807) is 74.8 Å². The molecule has 3 heterocycles. The van der Waals surface area contributed by atoms with Gasteiger partial charge < -0.3 is 19.5 Å². The lowest BCUT2D eigenvalue weighted by atomic mass is 10.1. The number of nitrogens with zero attached hydrogens (tertiary/aromatic N) is 4. The maximum Gasteiger partial charge on any atom is 0.241 e. The Morgan fingerprint density at radius 3 is 2.65 bits per heavy atom. The quantitative estimate of drug-likeness (QED) is 0.135. The van der Waals surface area contributed by atoms with E-state index in [2.05, 4.69) is 20.3 Å². The molecule has 1 unspecified atom stereocenters. The van der Waals surface area contributed by atoms with E-state index in [1.165, 1.54) is 29.8 Å². The van der Waals surface area contributed by atoms with Crippen LogP contribution in [0, 0.1) is 5.82 Å². The summed E-state index contributed by atoms with van der Waals surface area (Å²) < 4.78 is 54.7. The number of anilines is 2.